The summed E-state index contributed by atoms with van der Waals surface area (Å²) in [7, 11) is 1.41. The standard InChI is InChI=1S/C48H56ClN7O10/c1-27(41(59)26-66-29(3)57)52-46(62)39-24-30-8-18-40(58)36(23-30)37-25-34(15-19-42(37)65-22-21-51)43(47(63)53-28(2)44(60)55-39)56(4)48(64)38(7-5-6-20-50)54-45(61)33-11-9-31(10-12-33)32-13-16-35(49)17-14-32/h8-19,23,25,27-28,38-39,43,58H,5-7,20-22,24,26,50-51H2,1-4H3,(H,52,62)(H,53,63)(H,54,61)(H,55,60)/t27-,28-,38-,39-,43-/m0/s1. The van der Waals surface area contributed by atoms with E-state index in [9.17, 15) is 38.7 Å². The number of hydrogen-bond acceptors (Lipinski definition) is 12. The molecule has 18 heteroatoms. The molecule has 5 atom stereocenters. The molecule has 5 amide bonds. The van der Waals surface area contributed by atoms with E-state index in [2.05, 4.69) is 21.3 Å². The summed E-state index contributed by atoms with van der Waals surface area (Å²) in [6.45, 7) is 3.94. The summed E-state index contributed by atoms with van der Waals surface area (Å²) in [4.78, 5) is 95.8. The first-order chi connectivity index (χ1) is 31.5. The van der Waals surface area contributed by atoms with Crippen LogP contribution in [0.15, 0.2) is 84.9 Å². The van der Waals surface area contributed by atoms with E-state index in [0.717, 1.165) is 18.1 Å². The highest BCUT2D eigenvalue weighted by atomic mass is 35.5. The first kappa shape index (κ1) is 50.2. The number of hydrogen-bond donors (Lipinski definition) is 7. The smallest absolute Gasteiger partial charge is 0.303 e. The molecule has 0 aromatic heterocycles. The second kappa shape index (κ2) is 23.4. The van der Waals surface area contributed by atoms with Crippen molar-refractivity contribution in [2.75, 3.05) is 33.4 Å². The van der Waals surface area contributed by atoms with Crippen molar-refractivity contribution >= 4 is 52.9 Å². The quantitative estimate of drug-likeness (QED) is 0.0595. The van der Waals surface area contributed by atoms with Gasteiger partial charge in [0.15, 0.2) is 12.4 Å². The van der Waals surface area contributed by atoms with Crippen LogP contribution in [0.3, 0.4) is 0 Å². The minimum absolute atomic E-state index is 0.0866. The molecule has 0 saturated carbocycles. The first-order valence-electron chi connectivity index (χ1n) is 21.5. The zero-order chi connectivity index (χ0) is 48.1. The number of rotatable bonds is 17. The summed E-state index contributed by atoms with van der Waals surface area (Å²) in [6.07, 6.45) is 1.07. The molecule has 4 bridgehead atoms. The Kier molecular flexibility index (Phi) is 17.8. The third-order valence-electron chi connectivity index (χ3n) is 11.0. The number of carbonyl (C=O) groups is 7. The molecule has 1 aliphatic heterocycles. The summed E-state index contributed by atoms with van der Waals surface area (Å²) >= 11 is 6.06. The average molecular weight is 926 g/mol. The molecule has 0 radical (unpaired) electrons. The van der Waals surface area contributed by atoms with Crippen molar-refractivity contribution in [3.8, 4) is 33.8 Å². The van der Waals surface area contributed by atoms with Crippen LogP contribution >= 0.6 is 11.6 Å². The van der Waals surface area contributed by atoms with Crippen molar-refractivity contribution in [1.29, 1.82) is 0 Å². The van der Waals surface area contributed by atoms with Gasteiger partial charge in [-0.05, 0) is 110 Å². The van der Waals surface area contributed by atoms with E-state index in [1.54, 1.807) is 66.7 Å². The highest BCUT2D eigenvalue weighted by Crippen LogP contribution is 2.39. The fourth-order valence-corrected chi connectivity index (χ4v) is 7.44. The number of nitrogens with two attached hydrogens (primary N) is 2. The van der Waals surface area contributed by atoms with Gasteiger partial charge in [0, 0.05) is 48.6 Å². The Hall–Kier alpha value is -6.82. The lowest BCUT2D eigenvalue weighted by Gasteiger charge is -2.32. The van der Waals surface area contributed by atoms with Crippen molar-refractivity contribution in [2.45, 2.75) is 76.7 Å². The van der Waals surface area contributed by atoms with Crippen LogP contribution in [0.2, 0.25) is 5.02 Å². The maximum atomic E-state index is 14.7. The van der Waals surface area contributed by atoms with Crippen LogP contribution < -0.4 is 37.5 Å². The Balaban J connectivity index is 1.52. The Labute approximate surface area is 387 Å². The summed E-state index contributed by atoms with van der Waals surface area (Å²) in [5.41, 5.74) is 14.9. The SMILES string of the molecule is CC(=O)OCC(=O)[C@H](C)NC(=O)[C@@H]1Cc2ccc(O)c(c2)-c2cc(ccc2OCCN)[C@H](N(C)C(=O)[C@H](CCCCN)NC(=O)c2ccc(-c3ccc(Cl)cc3)cc2)C(=O)N[C@@H](C)C(=O)N1. The summed E-state index contributed by atoms with van der Waals surface area (Å²) in [6, 6.07) is 17.1. The van der Waals surface area contributed by atoms with Gasteiger partial charge in [-0.25, -0.2) is 0 Å². The third kappa shape index (κ3) is 13.1. The minimum Gasteiger partial charge on any atom is -0.507 e. The summed E-state index contributed by atoms with van der Waals surface area (Å²) in [5, 5.41) is 22.7. The maximum absolute atomic E-state index is 14.7. The van der Waals surface area contributed by atoms with Gasteiger partial charge in [-0.3, -0.25) is 33.6 Å². The minimum atomic E-state index is -1.43. The van der Waals surface area contributed by atoms with Gasteiger partial charge < -0.3 is 52.2 Å². The molecule has 0 fully saturated rings. The van der Waals surface area contributed by atoms with Crippen LogP contribution in [0.1, 0.15) is 67.6 Å². The molecule has 1 aliphatic rings. The second-order valence-corrected chi connectivity index (χ2v) is 16.4. The van der Waals surface area contributed by atoms with Crippen molar-refractivity contribution in [3.05, 3.63) is 107 Å². The molecule has 0 unspecified atom stereocenters. The van der Waals surface area contributed by atoms with E-state index in [1.807, 2.05) is 12.1 Å². The van der Waals surface area contributed by atoms with Crippen LogP contribution in [-0.2, 0) is 39.9 Å². The Morgan fingerprint density at radius 1 is 0.864 bits per heavy atom. The molecule has 4 aromatic carbocycles. The van der Waals surface area contributed by atoms with Crippen molar-refractivity contribution < 1.29 is 48.1 Å². The number of benzene rings is 4. The van der Waals surface area contributed by atoms with Crippen LogP contribution in [-0.4, -0.2) is 109 Å². The normalized spacial score (nSPS) is 16.9. The summed E-state index contributed by atoms with van der Waals surface area (Å²) in [5.74, 6) is -4.67. The predicted molar refractivity (Wildman–Crippen MR) is 247 cm³/mol. The highest BCUT2D eigenvalue weighted by molar-refractivity contribution is 6.30. The number of fused-ring (bicyclic) bond motifs is 5. The molecule has 5 rings (SSSR count). The number of amides is 5. The number of carbonyl (C=O) groups excluding carboxylic acids is 7. The molecule has 0 saturated heterocycles. The zero-order valence-corrected chi connectivity index (χ0v) is 38.0. The number of nitrogens with one attached hydrogen (secondary N) is 4. The molecule has 4 aromatic rings. The maximum Gasteiger partial charge on any atom is 0.303 e. The topological polar surface area (TPSA) is 262 Å². The van der Waals surface area contributed by atoms with Crippen LogP contribution in [0.5, 0.6) is 11.5 Å². The highest BCUT2D eigenvalue weighted by Gasteiger charge is 2.36. The fraction of sp³-hybridized carbons (Fsp3) is 0.354. The Bertz CT molecular complexity index is 2410. The lowest BCUT2D eigenvalue weighted by Crippen LogP contribution is -2.57. The summed E-state index contributed by atoms with van der Waals surface area (Å²) < 4.78 is 10.8. The van der Waals surface area contributed by atoms with E-state index in [-0.39, 0.29) is 54.2 Å². The number of ether oxygens (including phenoxy) is 2. The lowest BCUT2D eigenvalue weighted by atomic mass is 9.93. The monoisotopic (exact) mass is 925 g/mol. The van der Waals surface area contributed by atoms with Crippen molar-refractivity contribution in [2.24, 2.45) is 11.5 Å². The Morgan fingerprint density at radius 3 is 2.20 bits per heavy atom. The molecule has 1 heterocycles. The number of aromatic hydroxyl groups is 1. The number of nitrogens with zero attached hydrogens (tertiary/aromatic N) is 1. The molecule has 66 heavy (non-hydrogen) atoms. The van der Waals surface area contributed by atoms with Crippen molar-refractivity contribution in [3.63, 3.8) is 0 Å². The van der Waals surface area contributed by atoms with Crippen LogP contribution in [0, 0.1) is 0 Å². The lowest BCUT2D eigenvalue weighted by molar-refractivity contribution is -0.146. The molecule has 0 spiro atoms. The van der Waals surface area contributed by atoms with E-state index in [4.69, 9.17) is 32.5 Å². The third-order valence-corrected chi connectivity index (χ3v) is 11.2. The van der Waals surface area contributed by atoms with E-state index < -0.39 is 78.1 Å². The van der Waals surface area contributed by atoms with Crippen LogP contribution in [0.4, 0.5) is 0 Å². The molecule has 17 nitrogen and oxygen atoms in total. The Morgan fingerprint density at radius 2 is 1.55 bits per heavy atom. The number of phenolic OH excluding ortho intramolecular Hbond substituents is 1. The molecule has 9 N–H and O–H groups in total. The van der Waals surface area contributed by atoms with Gasteiger partial charge in [0.1, 0.15) is 42.3 Å². The van der Waals surface area contributed by atoms with Gasteiger partial charge in [0.2, 0.25) is 23.6 Å². The van der Waals surface area contributed by atoms with E-state index >= 15 is 0 Å². The first-order valence-corrected chi connectivity index (χ1v) is 21.9. The fourth-order valence-electron chi connectivity index (χ4n) is 7.31. The number of likely N-dealkylation sites (N-methyl/N-ethyl adjacent to an activating group) is 1. The number of Topliss-reactive ketones (excluding diaryl/α,β-unsaturated/α-hetero) is 1. The van der Waals surface area contributed by atoms with Crippen LogP contribution in [0.25, 0.3) is 22.3 Å². The largest absolute Gasteiger partial charge is 0.507 e. The predicted octanol–water partition coefficient (Wildman–Crippen LogP) is 3.33. The molecular formula is C48H56ClN7O10. The average Bonchev–Trinajstić information content (AvgIpc) is 3.29. The molecule has 0 aliphatic carbocycles. The molecular weight excluding hydrogens is 870 g/mol. The number of halogens is 1. The van der Waals surface area contributed by atoms with E-state index in [1.165, 1.54) is 31.9 Å². The van der Waals surface area contributed by atoms with Gasteiger partial charge in [0.25, 0.3) is 5.91 Å². The van der Waals surface area contributed by atoms with Crippen molar-refractivity contribution in [1.82, 2.24) is 26.2 Å². The molecule has 350 valence electrons. The number of ketones is 1. The second-order valence-electron chi connectivity index (χ2n) is 16.0. The number of phenols is 1. The van der Waals surface area contributed by atoms with Gasteiger partial charge in [-0.1, -0.05) is 48.0 Å². The van der Waals surface area contributed by atoms with Gasteiger partial charge in [0.05, 0.1) is 6.04 Å². The van der Waals surface area contributed by atoms with Gasteiger partial charge in [-0.2, -0.15) is 0 Å². The van der Waals surface area contributed by atoms with Gasteiger partial charge >= 0.3 is 5.97 Å². The van der Waals surface area contributed by atoms with E-state index in [0.29, 0.717) is 35.5 Å². The van der Waals surface area contributed by atoms with Gasteiger partial charge in [-0.15, -0.1) is 0 Å². The zero-order valence-electron chi connectivity index (χ0n) is 37.2. The number of unbranched alkanes of at least 4 members (excludes halogenated alkanes) is 1. The number of esters is 1.